The smallest absolute Gasteiger partial charge is 0.407 e. The van der Waals surface area contributed by atoms with Gasteiger partial charge in [-0.25, -0.2) is 14.4 Å². The summed E-state index contributed by atoms with van der Waals surface area (Å²) in [6.45, 7) is 9.20. The number of aliphatic hydroxyl groups excluding tert-OH is 2. The number of rotatable bonds is 16. The second kappa shape index (κ2) is 19.5. The Labute approximate surface area is 345 Å². The van der Waals surface area contributed by atoms with Gasteiger partial charge in [0.25, 0.3) is 0 Å². The molecule has 0 radical (unpaired) electrons. The van der Waals surface area contributed by atoms with Gasteiger partial charge < -0.3 is 40.8 Å². The molecule has 326 valence electrons. The zero-order chi connectivity index (χ0) is 42.3. The fraction of sp³-hybridized carbons (Fsp3) is 0.682. The second-order valence-corrected chi connectivity index (χ2v) is 17.5. The summed E-state index contributed by atoms with van der Waals surface area (Å²) in [7, 11) is 0. The maximum Gasteiger partial charge on any atom is 0.407 e. The minimum Gasteiger partial charge on any atom is -0.447 e. The number of aliphatic hydroxyl groups is 2. The average Bonchev–Trinajstić information content (AvgIpc) is 3.95. The number of nitrogens with zero attached hydrogens (tertiary/aromatic N) is 2. The molecule has 2 amide bonds. The van der Waals surface area contributed by atoms with E-state index in [1.54, 1.807) is 0 Å². The van der Waals surface area contributed by atoms with Crippen LogP contribution in [-0.2, 0) is 14.2 Å². The van der Waals surface area contributed by atoms with Crippen molar-refractivity contribution < 1.29 is 42.8 Å². The predicted molar refractivity (Wildman–Crippen MR) is 218 cm³/mol. The van der Waals surface area contributed by atoms with Crippen LogP contribution in [0, 0.1) is 29.1 Å². The van der Waals surface area contributed by atoms with Crippen LogP contribution in [0.3, 0.4) is 0 Å². The van der Waals surface area contributed by atoms with E-state index >= 15 is 0 Å². The molecule has 4 aliphatic carbocycles. The first kappa shape index (κ1) is 44.5. The first-order valence-electron chi connectivity index (χ1n) is 21.5. The first-order valence-corrected chi connectivity index (χ1v) is 21.5. The van der Waals surface area contributed by atoms with Crippen LogP contribution in [0.1, 0.15) is 110 Å². The van der Waals surface area contributed by atoms with E-state index in [9.17, 15) is 33.4 Å². The van der Waals surface area contributed by atoms with Crippen molar-refractivity contribution in [2.24, 2.45) is 29.1 Å². The highest BCUT2D eigenvalue weighted by Crippen LogP contribution is 2.59. The number of alkyl halides is 2. The Kier molecular flexibility index (Phi) is 14.7. The van der Waals surface area contributed by atoms with E-state index in [0.29, 0.717) is 47.6 Å². The molecule has 59 heavy (non-hydrogen) atoms. The van der Waals surface area contributed by atoms with Gasteiger partial charge in [-0.05, 0) is 123 Å². The van der Waals surface area contributed by atoms with Crippen molar-refractivity contribution in [1.29, 1.82) is 0 Å². The van der Waals surface area contributed by atoms with Crippen molar-refractivity contribution in [3.05, 3.63) is 70.3 Å². The van der Waals surface area contributed by atoms with Gasteiger partial charge in [-0.15, -0.1) is 0 Å². The number of hydrogen-bond donors (Lipinski definition) is 5. The molecular formula is C44H63F2N5O8. The number of halogens is 2. The quantitative estimate of drug-likeness (QED) is 0.0870. The number of nitrogens with two attached hydrogens (primary N) is 1. The number of fused-ring (bicyclic) bond motifs is 1. The number of unbranched alkanes of at least 4 members (excludes halogenated alkanes) is 3. The summed E-state index contributed by atoms with van der Waals surface area (Å²) in [4.78, 5) is 40.3. The summed E-state index contributed by atoms with van der Waals surface area (Å²) in [5.41, 5.74) is 8.15. The van der Waals surface area contributed by atoms with Crippen LogP contribution in [0.2, 0.25) is 0 Å². The molecule has 4 saturated carbocycles. The van der Waals surface area contributed by atoms with Crippen LogP contribution in [0.25, 0.3) is 0 Å². The lowest BCUT2D eigenvalue weighted by atomic mass is 9.61. The molecule has 1 aliphatic heterocycles. The molecule has 2 heterocycles. The van der Waals surface area contributed by atoms with Crippen molar-refractivity contribution in [2.45, 2.75) is 140 Å². The van der Waals surface area contributed by atoms with Gasteiger partial charge >= 0.3 is 23.8 Å². The largest absolute Gasteiger partial charge is 0.447 e. The molecule has 0 bridgehead atoms. The van der Waals surface area contributed by atoms with E-state index in [1.165, 1.54) is 31.3 Å². The number of alkyl carbamates (subject to hydrolysis) is 2. The molecular weight excluding hydrogens is 765 g/mol. The summed E-state index contributed by atoms with van der Waals surface area (Å²) in [6.07, 6.45) is 15.5. The lowest BCUT2D eigenvalue weighted by molar-refractivity contribution is -0.140. The Hall–Kier alpha value is -4.08. The highest BCUT2D eigenvalue weighted by atomic mass is 19.3. The Morgan fingerprint density at radius 1 is 1.07 bits per heavy atom. The maximum absolute atomic E-state index is 14.7. The molecule has 1 aromatic heterocycles. The number of aromatic nitrogens is 2. The number of nitrogen functional groups attached to an aromatic ring is 1. The van der Waals surface area contributed by atoms with Crippen molar-refractivity contribution >= 4 is 18.0 Å². The predicted octanol–water partition coefficient (Wildman–Crippen LogP) is 6.87. The van der Waals surface area contributed by atoms with E-state index in [-0.39, 0.29) is 30.0 Å². The third-order valence-electron chi connectivity index (χ3n) is 13.4. The molecule has 5 fully saturated rings. The normalized spacial score (nSPS) is 31.6. The molecule has 13 nitrogen and oxygen atoms in total. The maximum atomic E-state index is 14.7. The molecule has 5 aliphatic rings. The molecule has 6 rings (SSSR count). The molecule has 0 aromatic carbocycles. The number of hydrogen-bond acceptors (Lipinski definition) is 10. The topological polar surface area (TPSA) is 187 Å². The number of allylic oxidation sites excluding steroid dienone is 4. The second-order valence-electron chi connectivity index (χ2n) is 17.5. The summed E-state index contributed by atoms with van der Waals surface area (Å²) in [6, 6.07) is 1.15. The van der Waals surface area contributed by atoms with E-state index in [4.69, 9.17) is 19.9 Å². The Morgan fingerprint density at radius 2 is 1.80 bits per heavy atom. The number of anilines is 1. The summed E-state index contributed by atoms with van der Waals surface area (Å²) in [5, 5.41) is 25.9. The minimum atomic E-state index is -3.85. The van der Waals surface area contributed by atoms with Gasteiger partial charge in [-0.3, -0.25) is 4.57 Å². The van der Waals surface area contributed by atoms with Crippen LogP contribution < -0.4 is 22.1 Å². The van der Waals surface area contributed by atoms with Gasteiger partial charge in [0, 0.05) is 19.3 Å². The molecule has 1 saturated heterocycles. The SMILES string of the molecule is C=C1/C(=C\C=C2/CCC[C@@]3(C)C2CCC3[C@@H](C)/C=C/C(O)C2CC2)CCC[C@@H]1OC(=O)NCCCCCCNC(=O)OCC1OC(n2ccc(N)nc2=O)C(F)(F)C1O. The number of carbonyl (C=O) groups excluding carboxylic acids is 2. The van der Waals surface area contributed by atoms with Crippen LogP contribution in [-0.4, -0.2) is 82.0 Å². The Bertz CT molecular complexity index is 1810. The van der Waals surface area contributed by atoms with Gasteiger partial charge in [-0.1, -0.05) is 63.1 Å². The van der Waals surface area contributed by atoms with Crippen LogP contribution in [0.5, 0.6) is 0 Å². The van der Waals surface area contributed by atoms with Gasteiger partial charge in [0.2, 0.25) is 6.23 Å². The van der Waals surface area contributed by atoms with Crippen LogP contribution >= 0.6 is 0 Å². The standard InChI is InChI=1S/C44H63F2N5O8/c1-27(13-20-34(52)31-16-17-31)32-18-19-33-30(11-9-22-43(32,33)3)15-14-29-10-8-12-35(28(29)2)59-42(56)49-24-7-5-4-6-23-48-41(55)57-26-36-38(53)44(45,46)39(58-36)51-25-21-37(47)50-40(51)54/h13-15,20-21,25,27,31-36,38-39,52-53H,2,4-12,16-19,22-24,26H2,1,3H3,(H,48,55)(H,49,56)(H2,47,50,54)/b20-13+,29-14-,30-15+/t27-,32?,33?,34?,35-,36?,38?,39?,43+/m0/s1. The molecule has 6 N–H and O–H groups in total. The highest BCUT2D eigenvalue weighted by molar-refractivity contribution is 5.68. The number of nitrogens with one attached hydrogen (secondary N) is 2. The van der Waals surface area contributed by atoms with E-state index in [0.717, 1.165) is 74.8 Å². The lowest BCUT2D eigenvalue weighted by Crippen LogP contribution is -2.42. The van der Waals surface area contributed by atoms with Crippen molar-refractivity contribution in [3.63, 3.8) is 0 Å². The zero-order valence-electron chi connectivity index (χ0n) is 34.5. The third-order valence-corrected chi connectivity index (χ3v) is 13.4. The number of ether oxygens (including phenoxy) is 3. The fourth-order valence-electron chi connectivity index (χ4n) is 9.78. The number of amides is 2. The van der Waals surface area contributed by atoms with Gasteiger partial charge in [-0.2, -0.15) is 13.8 Å². The fourth-order valence-corrected chi connectivity index (χ4v) is 9.78. The van der Waals surface area contributed by atoms with E-state index in [1.807, 2.05) is 0 Å². The Balaban J connectivity index is 0.850. The average molecular weight is 828 g/mol. The minimum absolute atomic E-state index is 0.153. The molecule has 0 spiro atoms. The number of carbonyl (C=O) groups is 2. The van der Waals surface area contributed by atoms with Crippen molar-refractivity contribution in [1.82, 2.24) is 20.2 Å². The lowest BCUT2D eigenvalue weighted by Gasteiger charge is -2.44. The molecule has 9 atom stereocenters. The van der Waals surface area contributed by atoms with Crippen LogP contribution in [0.15, 0.2) is 64.7 Å². The summed E-state index contributed by atoms with van der Waals surface area (Å²) >= 11 is 0. The molecule has 6 unspecified atom stereocenters. The first-order chi connectivity index (χ1) is 28.2. The third kappa shape index (κ3) is 10.8. The molecule has 1 aromatic rings. The van der Waals surface area contributed by atoms with Gasteiger partial charge in [0.1, 0.15) is 24.6 Å². The van der Waals surface area contributed by atoms with E-state index in [2.05, 4.69) is 60.3 Å². The summed E-state index contributed by atoms with van der Waals surface area (Å²) < 4.78 is 45.9. The van der Waals surface area contributed by atoms with Crippen molar-refractivity contribution in [3.8, 4) is 0 Å². The van der Waals surface area contributed by atoms with E-state index < -0.39 is 48.8 Å². The van der Waals surface area contributed by atoms with Crippen molar-refractivity contribution in [2.75, 3.05) is 25.4 Å². The highest BCUT2D eigenvalue weighted by Gasteiger charge is 2.60. The van der Waals surface area contributed by atoms with Gasteiger partial charge in [0.15, 0.2) is 6.10 Å². The zero-order valence-corrected chi connectivity index (χ0v) is 34.5. The van der Waals surface area contributed by atoms with Crippen LogP contribution in [0.4, 0.5) is 24.2 Å². The van der Waals surface area contributed by atoms with Gasteiger partial charge in [0.05, 0.1) is 6.10 Å². The monoisotopic (exact) mass is 827 g/mol. The molecule has 15 heteroatoms. The Morgan fingerprint density at radius 3 is 2.51 bits per heavy atom. The summed E-state index contributed by atoms with van der Waals surface area (Å²) in [5.74, 6) is -1.93.